The molecule has 24 heavy (non-hydrogen) atoms. The topological polar surface area (TPSA) is 41.8 Å². The minimum absolute atomic E-state index is 0.787. The third-order valence-corrected chi connectivity index (χ3v) is 4.70. The van der Waals surface area contributed by atoms with Crippen LogP contribution in [0.3, 0.4) is 0 Å². The number of aromatic nitrogens is 1. The van der Waals surface area contributed by atoms with Crippen LogP contribution in [0.2, 0.25) is 0 Å². The first kappa shape index (κ1) is 13.2. The Morgan fingerprint density at radius 2 is 1.46 bits per heavy atom. The summed E-state index contributed by atoms with van der Waals surface area (Å²) in [6.07, 6.45) is 0. The number of hydrogen-bond donors (Lipinski definition) is 2. The van der Waals surface area contributed by atoms with Gasteiger partial charge in [-0.1, -0.05) is 54.6 Å². The molecule has 5 aromatic rings. The van der Waals surface area contributed by atoms with Crippen molar-refractivity contribution in [3.05, 3.63) is 78.9 Å². The molecule has 0 atom stereocenters. The minimum atomic E-state index is 0.787. The molecular weight excluding hydrogens is 292 g/mol. The zero-order chi connectivity index (χ0) is 16.1. The second-order valence-corrected chi connectivity index (χ2v) is 6.22. The largest absolute Gasteiger partial charge is 0.399 e. The molecule has 0 unspecified atom stereocenters. The minimum Gasteiger partial charge on any atom is -0.399 e. The molecule has 5 rings (SSSR count). The Morgan fingerprint density at radius 1 is 0.667 bits per heavy atom. The lowest BCUT2D eigenvalue weighted by atomic mass is 9.98. The molecule has 0 amide bonds. The van der Waals surface area contributed by atoms with Gasteiger partial charge in [0.05, 0.1) is 5.52 Å². The number of anilines is 1. The number of aromatic amines is 1. The Morgan fingerprint density at radius 3 is 2.38 bits per heavy atom. The maximum absolute atomic E-state index is 6.21. The normalized spacial score (nSPS) is 11.5. The number of nitrogens with one attached hydrogen (secondary N) is 1. The first-order valence-corrected chi connectivity index (χ1v) is 8.09. The predicted octanol–water partition coefficient (Wildman–Crippen LogP) is 5.72. The lowest BCUT2D eigenvalue weighted by Gasteiger charge is -2.07. The molecule has 0 radical (unpaired) electrons. The molecule has 0 saturated carbocycles. The summed E-state index contributed by atoms with van der Waals surface area (Å²) in [7, 11) is 0. The van der Waals surface area contributed by atoms with Gasteiger partial charge in [0.1, 0.15) is 0 Å². The van der Waals surface area contributed by atoms with Crippen LogP contribution in [0, 0.1) is 0 Å². The Labute approximate surface area is 139 Å². The molecule has 0 aliphatic rings. The summed E-state index contributed by atoms with van der Waals surface area (Å²) < 4.78 is 0. The van der Waals surface area contributed by atoms with Gasteiger partial charge >= 0.3 is 0 Å². The molecule has 2 heteroatoms. The van der Waals surface area contributed by atoms with Crippen LogP contribution in [0.1, 0.15) is 0 Å². The molecule has 2 nitrogen and oxygen atoms in total. The molecule has 0 bridgehead atoms. The van der Waals surface area contributed by atoms with E-state index in [0.717, 1.165) is 22.3 Å². The standard InChI is InChI=1S/C22H16N2/c23-17-12-19(16-10-9-14-5-1-2-6-15(14)11-16)22-20(13-17)18-7-3-4-8-21(18)24-22/h1-13,24H,23H2. The summed E-state index contributed by atoms with van der Waals surface area (Å²) in [6, 6.07) is 27.5. The van der Waals surface area contributed by atoms with Crippen molar-refractivity contribution in [1.29, 1.82) is 0 Å². The lowest BCUT2D eigenvalue weighted by Crippen LogP contribution is -1.88. The quantitative estimate of drug-likeness (QED) is 0.382. The van der Waals surface area contributed by atoms with Crippen molar-refractivity contribution in [2.45, 2.75) is 0 Å². The highest BCUT2D eigenvalue weighted by atomic mass is 14.7. The van der Waals surface area contributed by atoms with Gasteiger partial charge in [-0.05, 0) is 40.6 Å². The number of rotatable bonds is 1. The number of benzene rings is 4. The van der Waals surface area contributed by atoms with Gasteiger partial charge in [0.15, 0.2) is 0 Å². The van der Waals surface area contributed by atoms with Gasteiger partial charge in [-0.25, -0.2) is 0 Å². The number of para-hydroxylation sites is 1. The third-order valence-electron chi connectivity index (χ3n) is 4.70. The van der Waals surface area contributed by atoms with Gasteiger partial charge in [0.2, 0.25) is 0 Å². The van der Waals surface area contributed by atoms with Gasteiger partial charge in [-0.2, -0.15) is 0 Å². The molecule has 1 aromatic heterocycles. The lowest BCUT2D eigenvalue weighted by molar-refractivity contribution is 1.54. The fourth-order valence-corrected chi connectivity index (χ4v) is 3.56. The van der Waals surface area contributed by atoms with E-state index in [1.807, 2.05) is 0 Å². The smallest absolute Gasteiger partial charge is 0.0546 e. The maximum atomic E-state index is 6.21. The van der Waals surface area contributed by atoms with E-state index in [0.29, 0.717) is 0 Å². The Bertz CT molecular complexity index is 1210. The molecule has 0 spiro atoms. The van der Waals surface area contributed by atoms with Crippen LogP contribution in [-0.4, -0.2) is 4.98 Å². The number of fused-ring (bicyclic) bond motifs is 4. The van der Waals surface area contributed by atoms with Crippen LogP contribution in [-0.2, 0) is 0 Å². The van der Waals surface area contributed by atoms with Crippen LogP contribution in [0.4, 0.5) is 5.69 Å². The molecular formula is C22H16N2. The van der Waals surface area contributed by atoms with Crippen molar-refractivity contribution < 1.29 is 0 Å². The summed E-state index contributed by atoms with van der Waals surface area (Å²) in [6.45, 7) is 0. The number of hydrogen-bond acceptors (Lipinski definition) is 1. The average Bonchev–Trinajstić information content (AvgIpc) is 2.99. The van der Waals surface area contributed by atoms with Crippen molar-refractivity contribution in [2.75, 3.05) is 5.73 Å². The van der Waals surface area contributed by atoms with Crippen LogP contribution in [0.15, 0.2) is 78.9 Å². The summed E-state index contributed by atoms with van der Waals surface area (Å²) >= 11 is 0. The van der Waals surface area contributed by atoms with Crippen molar-refractivity contribution in [2.24, 2.45) is 0 Å². The van der Waals surface area contributed by atoms with E-state index in [9.17, 15) is 0 Å². The van der Waals surface area contributed by atoms with Crippen LogP contribution in [0.25, 0.3) is 43.7 Å². The van der Waals surface area contributed by atoms with Gasteiger partial charge in [0, 0.05) is 27.5 Å². The van der Waals surface area contributed by atoms with Gasteiger partial charge in [-0.15, -0.1) is 0 Å². The Balaban J connectivity index is 1.87. The summed E-state index contributed by atoms with van der Waals surface area (Å²) in [5, 5.41) is 4.87. The molecule has 0 saturated heterocycles. The van der Waals surface area contributed by atoms with Crippen molar-refractivity contribution in [1.82, 2.24) is 4.98 Å². The summed E-state index contributed by atoms with van der Waals surface area (Å²) in [5.74, 6) is 0. The molecule has 4 aromatic carbocycles. The number of nitrogen functional groups attached to an aromatic ring is 1. The fourth-order valence-electron chi connectivity index (χ4n) is 3.56. The maximum Gasteiger partial charge on any atom is 0.0546 e. The second kappa shape index (κ2) is 4.87. The predicted molar refractivity (Wildman–Crippen MR) is 103 cm³/mol. The Kier molecular flexibility index (Phi) is 2.68. The Hall–Kier alpha value is -3.26. The van der Waals surface area contributed by atoms with Crippen molar-refractivity contribution in [3.8, 4) is 11.1 Å². The highest BCUT2D eigenvalue weighted by molar-refractivity contribution is 6.13. The highest BCUT2D eigenvalue weighted by Gasteiger charge is 2.11. The van der Waals surface area contributed by atoms with E-state index in [2.05, 4.69) is 83.8 Å². The average molecular weight is 308 g/mol. The van der Waals surface area contributed by atoms with E-state index < -0.39 is 0 Å². The van der Waals surface area contributed by atoms with E-state index in [1.165, 1.54) is 27.1 Å². The second-order valence-electron chi connectivity index (χ2n) is 6.22. The van der Waals surface area contributed by atoms with E-state index in [4.69, 9.17) is 5.73 Å². The van der Waals surface area contributed by atoms with E-state index in [-0.39, 0.29) is 0 Å². The molecule has 114 valence electrons. The zero-order valence-electron chi connectivity index (χ0n) is 13.1. The van der Waals surface area contributed by atoms with E-state index >= 15 is 0 Å². The molecule has 1 heterocycles. The highest BCUT2D eigenvalue weighted by Crippen LogP contribution is 2.36. The molecule has 0 aliphatic carbocycles. The van der Waals surface area contributed by atoms with Crippen molar-refractivity contribution >= 4 is 38.3 Å². The first-order chi connectivity index (χ1) is 11.8. The first-order valence-electron chi connectivity index (χ1n) is 8.09. The van der Waals surface area contributed by atoms with Crippen LogP contribution < -0.4 is 5.73 Å². The summed E-state index contributed by atoms with van der Waals surface area (Å²) in [5.41, 5.74) is 11.6. The number of nitrogens with two attached hydrogens (primary N) is 1. The van der Waals surface area contributed by atoms with Gasteiger partial charge in [-0.3, -0.25) is 0 Å². The van der Waals surface area contributed by atoms with Gasteiger partial charge in [0.25, 0.3) is 0 Å². The van der Waals surface area contributed by atoms with E-state index in [1.54, 1.807) is 0 Å². The molecule has 3 N–H and O–H groups in total. The van der Waals surface area contributed by atoms with Crippen LogP contribution >= 0.6 is 0 Å². The molecule has 0 fully saturated rings. The SMILES string of the molecule is Nc1cc(-c2ccc3ccccc3c2)c2[nH]c3ccccc3c2c1. The zero-order valence-corrected chi connectivity index (χ0v) is 13.1. The van der Waals surface area contributed by atoms with Crippen molar-refractivity contribution in [3.63, 3.8) is 0 Å². The third kappa shape index (κ3) is 1.90. The fraction of sp³-hybridized carbons (Fsp3) is 0. The van der Waals surface area contributed by atoms with Gasteiger partial charge < -0.3 is 10.7 Å². The molecule has 0 aliphatic heterocycles. The van der Waals surface area contributed by atoms with Crippen LogP contribution in [0.5, 0.6) is 0 Å². The number of H-pyrrole nitrogens is 1. The monoisotopic (exact) mass is 308 g/mol. The summed E-state index contributed by atoms with van der Waals surface area (Å²) in [4.78, 5) is 3.56.